The van der Waals surface area contributed by atoms with E-state index in [1.807, 2.05) is 30.3 Å². The molecule has 4 aromatic rings. The van der Waals surface area contributed by atoms with Gasteiger partial charge in [-0.2, -0.15) is 4.98 Å². The maximum atomic E-state index is 12.3. The Bertz CT molecular complexity index is 1310. The molecule has 0 atom stereocenters. The quantitative estimate of drug-likeness (QED) is 0.293. The first-order valence-corrected chi connectivity index (χ1v) is 12.6. The molecule has 1 saturated heterocycles. The van der Waals surface area contributed by atoms with E-state index in [1.54, 1.807) is 19.3 Å². The number of fused-ring (bicyclic) bond motifs is 1. The average molecular weight is 522 g/mol. The number of halogens is 1. The zero-order valence-corrected chi connectivity index (χ0v) is 21.1. The maximum Gasteiger partial charge on any atom is 0.230 e. The number of nitrogens with zero attached hydrogens (tertiary/aromatic N) is 5. The molecule has 1 fully saturated rings. The standard InChI is InChI=1S/C26H28BrN5O2/c1-17-23(18(2)33)21-5-3-6-22(27)24(21)32(17)14-4-13-31-15-9-20(10-16-31)26-29-25(30-34-26)19-7-11-28-12-8-19/h3,5-8,11-12,20H,4,9-10,13-16H2,1-2H3. The van der Waals surface area contributed by atoms with Gasteiger partial charge in [-0.05, 0) is 86.9 Å². The van der Waals surface area contributed by atoms with Gasteiger partial charge in [0.2, 0.25) is 11.7 Å². The lowest BCUT2D eigenvalue weighted by molar-refractivity contribution is 0.101. The van der Waals surface area contributed by atoms with Crippen LogP contribution in [0.1, 0.15) is 54.0 Å². The molecular weight excluding hydrogens is 494 g/mol. The number of carbonyl (C=O) groups excluding carboxylic acids is 1. The first kappa shape index (κ1) is 22.9. The van der Waals surface area contributed by atoms with E-state index in [9.17, 15) is 4.79 Å². The van der Waals surface area contributed by atoms with Crippen molar-refractivity contribution in [3.05, 3.63) is 64.3 Å². The highest BCUT2D eigenvalue weighted by atomic mass is 79.9. The highest BCUT2D eigenvalue weighted by Crippen LogP contribution is 2.32. The summed E-state index contributed by atoms with van der Waals surface area (Å²) in [7, 11) is 0. The molecule has 0 saturated carbocycles. The second kappa shape index (κ2) is 9.80. The third kappa shape index (κ3) is 4.44. The molecule has 4 heterocycles. The Labute approximate surface area is 207 Å². The second-order valence-corrected chi connectivity index (χ2v) is 9.82. The molecule has 3 aromatic heterocycles. The predicted molar refractivity (Wildman–Crippen MR) is 135 cm³/mol. The number of hydrogen-bond acceptors (Lipinski definition) is 6. The van der Waals surface area contributed by atoms with Crippen molar-refractivity contribution in [3.8, 4) is 11.4 Å². The monoisotopic (exact) mass is 521 g/mol. The number of aryl methyl sites for hydroxylation is 1. The minimum absolute atomic E-state index is 0.120. The normalized spacial score (nSPS) is 15.3. The molecule has 0 unspecified atom stereocenters. The molecule has 5 rings (SSSR count). The molecule has 0 spiro atoms. The van der Waals surface area contributed by atoms with Crippen molar-refractivity contribution in [2.45, 2.75) is 45.6 Å². The SMILES string of the molecule is CC(=O)c1c(C)n(CCCN2CCC(c3nc(-c4ccncc4)no3)CC2)c2c(Br)cccc12. The van der Waals surface area contributed by atoms with Crippen molar-refractivity contribution < 1.29 is 9.32 Å². The third-order valence-corrected chi connectivity index (χ3v) is 7.46. The van der Waals surface area contributed by atoms with E-state index >= 15 is 0 Å². The Morgan fingerprint density at radius 3 is 2.65 bits per heavy atom. The Kier molecular flexibility index (Phi) is 6.61. The van der Waals surface area contributed by atoms with E-state index in [4.69, 9.17) is 4.52 Å². The molecule has 0 radical (unpaired) electrons. The fourth-order valence-electron chi connectivity index (χ4n) is 5.09. The van der Waals surface area contributed by atoms with Crippen molar-refractivity contribution in [1.29, 1.82) is 0 Å². The molecule has 0 aliphatic carbocycles. The Balaban J connectivity index is 1.19. The van der Waals surface area contributed by atoms with Crippen molar-refractivity contribution in [2.24, 2.45) is 0 Å². The maximum absolute atomic E-state index is 12.3. The Morgan fingerprint density at radius 1 is 1.15 bits per heavy atom. The van der Waals surface area contributed by atoms with E-state index in [2.05, 4.69) is 47.4 Å². The molecular formula is C26H28BrN5O2. The highest BCUT2D eigenvalue weighted by molar-refractivity contribution is 9.10. The number of para-hydroxylation sites is 1. The number of likely N-dealkylation sites (tertiary alicyclic amines) is 1. The largest absolute Gasteiger partial charge is 0.343 e. The molecule has 0 amide bonds. The smallest absolute Gasteiger partial charge is 0.230 e. The zero-order chi connectivity index (χ0) is 23.7. The van der Waals surface area contributed by atoms with Crippen molar-refractivity contribution in [2.75, 3.05) is 19.6 Å². The number of benzene rings is 1. The number of aromatic nitrogens is 4. The van der Waals surface area contributed by atoms with E-state index in [0.29, 0.717) is 11.7 Å². The summed E-state index contributed by atoms with van der Waals surface area (Å²) in [5.41, 5.74) is 3.93. The van der Waals surface area contributed by atoms with Gasteiger partial charge in [-0.25, -0.2) is 0 Å². The van der Waals surface area contributed by atoms with Crippen LogP contribution in [0, 0.1) is 6.92 Å². The summed E-state index contributed by atoms with van der Waals surface area (Å²) in [5, 5.41) is 5.19. The van der Waals surface area contributed by atoms with Gasteiger partial charge in [0.25, 0.3) is 0 Å². The van der Waals surface area contributed by atoms with Crippen LogP contribution in [0.15, 0.2) is 51.7 Å². The fraction of sp³-hybridized carbons (Fsp3) is 0.385. The summed E-state index contributed by atoms with van der Waals surface area (Å²) in [6.07, 6.45) is 6.54. The first-order valence-electron chi connectivity index (χ1n) is 11.8. The average Bonchev–Trinajstić information content (AvgIpc) is 3.44. The lowest BCUT2D eigenvalue weighted by Gasteiger charge is -2.30. The second-order valence-electron chi connectivity index (χ2n) is 8.97. The van der Waals surface area contributed by atoms with Gasteiger partial charge in [-0.15, -0.1) is 0 Å². The van der Waals surface area contributed by atoms with Crippen LogP contribution in [0.25, 0.3) is 22.3 Å². The summed E-state index contributed by atoms with van der Waals surface area (Å²) >= 11 is 3.69. The summed E-state index contributed by atoms with van der Waals surface area (Å²) in [6, 6.07) is 9.87. The van der Waals surface area contributed by atoms with E-state index in [1.165, 1.54) is 0 Å². The molecule has 34 heavy (non-hydrogen) atoms. The number of carbonyl (C=O) groups is 1. The minimum Gasteiger partial charge on any atom is -0.343 e. The van der Waals surface area contributed by atoms with E-state index in [0.717, 1.165) is 83.5 Å². The summed E-state index contributed by atoms with van der Waals surface area (Å²) in [6.45, 7) is 7.66. The molecule has 1 aliphatic rings. The molecule has 1 aliphatic heterocycles. The molecule has 0 N–H and O–H groups in total. The van der Waals surface area contributed by atoms with Crippen LogP contribution in [0.2, 0.25) is 0 Å². The number of ketones is 1. The van der Waals surface area contributed by atoms with Gasteiger partial charge in [-0.3, -0.25) is 9.78 Å². The number of pyridine rings is 1. The highest BCUT2D eigenvalue weighted by Gasteiger charge is 2.25. The minimum atomic E-state index is 0.120. The summed E-state index contributed by atoms with van der Waals surface area (Å²) < 4.78 is 8.91. The number of hydrogen-bond donors (Lipinski definition) is 0. The summed E-state index contributed by atoms with van der Waals surface area (Å²) in [5.74, 6) is 1.80. The van der Waals surface area contributed by atoms with Gasteiger partial charge in [-0.1, -0.05) is 17.3 Å². The fourth-order valence-corrected chi connectivity index (χ4v) is 5.67. The first-order chi connectivity index (χ1) is 16.5. The van der Waals surface area contributed by atoms with Crippen LogP contribution >= 0.6 is 15.9 Å². The van der Waals surface area contributed by atoms with Crippen LogP contribution in [0.3, 0.4) is 0 Å². The number of piperidine rings is 1. The Morgan fingerprint density at radius 2 is 1.91 bits per heavy atom. The zero-order valence-electron chi connectivity index (χ0n) is 19.5. The van der Waals surface area contributed by atoms with Crippen LogP contribution in [0.4, 0.5) is 0 Å². The van der Waals surface area contributed by atoms with Gasteiger partial charge in [0.1, 0.15) is 0 Å². The predicted octanol–water partition coefficient (Wildman–Crippen LogP) is 5.63. The summed E-state index contributed by atoms with van der Waals surface area (Å²) in [4.78, 5) is 23.5. The van der Waals surface area contributed by atoms with Crippen LogP contribution in [-0.2, 0) is 6.54 Å². The molecule has 8 heteroatoms. The van der Waals surface area contributed by atoms with Crippen LogP contribution < -0.4 is 0 Å². The molecule has 0 bridgehead atoms. The van der Waals surface area contributed by atoms with E-state index < -0.39 is 0 Å². The molecule has 176 valence electrons. The van der Waals surface area contributed by atoms with Gasteiger partial charge in [0.15, 0.2) is 5.78 Å². The van der Waals surface area contributed by atoms with Gasteiger partial charge in [0.05, 0.1) is 5.52 Å². The molecule has 7 nitrogen and oxygen atoms in total. The lowest BCUT2D eigenvalue weighted by atomic mass is 9.96. The van der Waals surface area contributed by atoms with Gasteiger partial charge in [0, 0.05) is 51.5 Å². The van der Waals surface area contributed by atoms with Crippen molar-refractivity contribution in [3.63, 3.8) is 0 Å². The lowest BCUT2D eigenvalue weighted by Crippen LogP contribution is -2.34. The van der Waals surface area contributed by atoms with Crippen LogP contribution in [0.5, 0.6) is 0 Å². The third-order valence-electron chi connectivity index (χ3n) is 6.82. The van der Waals surface area contributed by atoms with E-state index in [-0.39, 0.29) is 5.78 Å². The topological polar surface area (TPSA) is 77.1 Å². The number of Topliss-reactive ketones (excluding diaryl/α,β-unsaturated/α-hetero) is 1. The van der Waals surface area contributed by atoms with Crippen molar-refractivity contribution >= 4 is 32.6 Å². The van der Waals surface area contributed by atoms with Crippen molar-refractivity contribution in [1.82, 2.24) is 24.6 Å². The Hall–Kier alpha value is -2.84. The van der Waals surface area contributed by atoms with Crippen LogP contribution in [-0.4, -0.2) is 50.0 Å². The van der Waals surface area contributed by atoms with Gasteiger partial charge < -0.3 is 14.0 Å². The molecule has 1 aromatic carbocycles. The van der Waals surface area contributed by atoms with Gasteiger partial charge >= 0.3 is 0 Å². The number of rotatable bonds is 7.